The fourth-order valence-electron chi connectivity index (χ4n) is 2.74. The van der Waals surface area contributed by atoms with Gasteiger partial charge in [0, 0.05) is 22.6 Å². The van der Waals surface area contributed by atoms with Gasteiger partial charge in [-0.05, 0) is 61.5 Å². The Hall–Kier alpha value is -4.00. The third-order valence-electron chi connectivity index (χ3n) is 4.16. The molecule has 7 heteroatoms. The van der Waals surface area contributed by atoms with Crippen LogP contribution in [0.2, 0.25) is 0 Å². The molecule has 0 spiro atoms. The Bertz CT molecular complexity index is 1000. The fourth-order valence-corrected chi connectivity index (χ4v) is 2.74. The molecule has 0 bridgehead atoms. The molecular formula is C23H23N3O4. The SMILES string of the molecule is CCOc1ccc(C(=O)Nc2ccc(NC(=O)Nc3ccccc3)cc2)cc1OC. The number of para-hydroxylation sites is 1. The predicted octanol–water partition coefficient (Wildman–Crippen LogP) is 4.99. The Kier molecular flexibility index (Phi) is 6.89. The average molecular weight is 405 g/mol. The second-order valence-electron chi connectivity index (χ2n) is 6.28. The van der Waals surface area contributed by atoms with Gasteiger partial charge in [0.1, 0.15) is 0 Å². The minimum Gasteiger partial charge on any atom is -0.493 e. The van der Waals surface area contributed by atoms with Crippen molar-refractivity contribution < 1.29 is 19.1 Å². The molecule has 3 amide bonds. The third kappa shape index (κ3) is 5.51. The van der Waals surface area contributed by atoms with E-state index in [0.29, 0.717) is 40.7 Å². The number of benzene rings is 3. The molecule has 0 unspecified atom stereocenters. The van der Waals surface area contributed by atoms with Crippen molar-refractivity contribution in [2.75, 3.05) is 29.7 Å². The number of ether oxygens (including phenoxy) is 2. The van der Waals surface area contributed by atoms with Crippen LogP contribution in [0.5, 0.6) is 11.5 Å². The van der Waals surface area contributed by atoms with Crippen LogP contribution in [0.1, 0.15) is 17.3 Å². The van der Waals surface area contributed by atoms with Crippen LogP contribution in [0.3, 0.4) is 0 Å². The molecule has 154 valence electrons. The monoisotopic (exact) mass is 405 g/mol. The summed E-state index contributed by atoms with van der Waals surface area (Å²) in [5.41, 5.74) is 2.34. The summed E-state index contributed by atoms with van der Waals surface area (Å²) in [5, 5.41) is 8.30. The number of methoxy groups -OCH3 is 1. The van der Waals surface area contributed by atoms with E-state index in [1.54, 1.807) is 54.6 Å². The molecule has 0 radical (unpaired) electrons. The summed E-state index contributed by atoms with van der Waals surface area (Å²) < 4.78 is 10.7. The van der Waals surface area contributed by atoms with Gasteiger partial charge in [-0.25, -0.2) is 4.79 Å². The Morgan fingerprint density at radius 3 is 1.97 bits per heavy atom. The highest BCUT2D eigenvalue weighted by Gasteiger charge is 2.11. The number of nitrogens with one attached hydrogen (secondary N) is 3. The van der Waals surface area contributed by atoms with E-state index in [0.717, 1.165) is 0 Å². The first-order valence-corrected chi connectivity index (χ1v) is 9.44. The molecule has 3 N–H and O–H groups in total. The maximum absolute atomic E-state index is 12.5. The van der Waals surface area contributed by atoms with Crippen molar-refractivity contribution in [2.45, 2.75) is 6.92 Å². The lowest BCUT2D eigenvalue weighted by molar-refractivity contribution is 0.102. The van der Waals surface area contributed by atoms with Gasteiger partial charge in [-0.15, -0.1) is 0 Å². The van der Waals surface area contributed by atoms with Gasteiger partial charge in [0.05, 0.1) is 13.7 Å². The molecule has 30 heavy (non-hydrogen) atoms. The van der Waals surface area contributed by atoms with E-state index in [2.05, 4.69) is 16.0 Å². The number of urea groups is 1. The Balaban J connectivity index is 1.60. The zero-order valence-electron chi connectivity index (χ0n) is 16.8. The van der Waals surface area contributed by atoms with Crippen LogP contribution in [0.4, 0.5) is 21.9 Å². The maximum Gasteiger partial charge on any atom is 0.323 e. The average Bonchev–Trinajstić information content (AvgIpc) is 2.76. The highest BCUT2D eigenvalue weighted by atomic mass is 16.5. The van der Waals surface area contributed by atoms with E-state index in [1.807, 2.05) is 25.1 Å². The van der Waals surface area contributed by atoms with Crippen LogP contribution in [-0.2, 0) is 0 Å². The molecule has 0 aliphatic heterocycles. The summed E-state index contributed by atoms with van der Waals surface area (Å²) in [4.78, 5) is 24.6. The molecule has 7 nitrogen and oxygen atoms in total. The molecule has 0 fully saturated rings. The molecule has 0 aliphatic rings. The molecule has 0 saturated heterocycles. The maximum atomic E-state index is 12.5. The second kappa shape index (κ2) is 9.97. The number of rotatable bonds is 7. The molecule has 3 rings (SSSR count). The first kappa shape index (κ1) is 20.7. The van der Waals surface area contributed by atoms with E-state index < -0.39 is 0 Å². The third-order valence-corrected chi connectivity index (χ3v) is 4.16. The molecule has 3 aromatic carbocycles. The molecule has 0 aromatic heterocycles. The fraction of sp³-hybridized carbons (Fsp3) is 0.130. The molecule has 0 atom stereocenters. The van der Waals surface area contributed by atoms with Gasteiger partial charge in [-0.3, -0.25) is 4.79 Å². The summed E-state index contributed by atoms with van der Waals surface area (Å²) in [6, 6.07) is 20.6. The van der Waals surface area contributed by atoms with E-state index >= 15 is 0 Å². The number of carbonyl (C=O) groups is 2. The van der Waals surface area contributed by atoms with Gasteiger partial charge in [0.25, 0.3) is 5.91 Å². The smallest absolute Gasteiger partial charge is 0.323 e. The summed E-state index contributed by atoms with van der Waals surface area (Å²) >= 11 is 0. The zero-order chi connectivity index (χ0) is 21.3. The van der Waals surface area contributed by atoms with Gasteiger partial charge < -0.3 is 25.4 Å². The van der Waals surface area contributed by atoms with Crippen LogP contribution in [0, 0.1) is 0 Å². The van der Waals surface area contributed by atoms with E-state index in [9.17, 15) is 9.59 Å². The topological polar surface area (TPSA) is 88.7 Å². The van der Waals surface area contributed by atoms with Crippen molar-refractivity contribution in [2.24, 2.45) is 0 Å². The summed E-state index contributed by atoms with van der Waals surface area (Å²) in [5.74, 6) is 0.799. The Morgan fingerprint density at radius 2 is 1.37 bits per heavy atom. The summed E-state index contributed by atoms with van der Waals surface area (Å²) in [7, 11) is 1.53. The Morgan fingerprint density at radius 1 is 0.767 bits per heavy atom. The standard InChI is InChI=1S/C23H23N3O4/c1-3-30-20-14-9-16(15-21(20)29-2)22(27)24-18-10-12-19(13-11-18)26-23(28)25-17-7-5-4-6-8-17/h4-15H,3H2,1-2H3,(H,24,27)(H2,25,26,28). The van der Waals surface area contributed by atoms with E-state index in [1.165, 1.54) is 7.11 Å². The van der Waals surface area contributed by atoms with Crippen molar-refractivity contribution in [1.82, 2.24) is 0 Å². The van der Waals surface area contributed by atoms with Gasteiger partial charge in [0.2, 0.25) is 0 Å². The molecule has 0 heterocycles. The van der Waals surface area contributed by atoms with Gasteiger partial charge in [-0.2, -0.15) is 0 Å². The van der Waals surface area contributed by atoms with Gasteiger partial charge in [-0.1, -0.05) is 18.2 Å². The van der Waals surface area contributed by atoms with Gasteiger partial charge in [0.15, 0.2) is 11.5 Å². The quantitative estimate of drug-likeness (QED) is 0.517. The summed E-state index contributed by atoms with van der Waals surface area (Å²) in [6.45, 7) is 2.38. The normalized spacial score (nSPS) is 10.1. The predicted molar refractivity (Wildman–Crippen MR) is 118 cm³/mol. The highest BCUT2D eigenvalue weighted by Crippen LogP contribution is 2.28. The van der Waals surface area contributed by atoms with Gasteiger partial charge >= 0.3 is 6.03 Å². The first-order valence-electron chi connectivity index (χ1n) is 9.44. The lowest BCUT2D eigenvalue weighted by Gasteiger charge is -2.12. The number of amides is 3. The summed E-state index contributed by atoms with van der Waals surface area (Å²) in [6.07, 6.45) is 0. The van der Waals surface area contributed by atoms with Crippen LogP contribution in [0.15, 0.2) is 72.8 Å². The van der Waals surface area contributed by atoms with Crippen molar-refractivity contribution in [3.05, 3.63) is 78.4 Å². The zero-order valence-corrected chi connectivity index (χ0v) is 16.8. The minimum atomic E-state index is -0.348. The van der Waals surface area contributed by atoms with Crippen molar-refractivity contribution in [1.29, 1.82) is 0 Å². The number of anilines is 3. The van der Waals surface area contributed by atoms with Crippen molar-refractivity contribution in [3.8, 4) is 11.5 Å². The van der Waals surface area contributed by atoms with E-state index in [-0.39, 0.29) is 11.9 Å². The molecule has 0 aliphatic carbocycles. The number of hydrogen-bond acceptors (Lipinski definition) is 4. The van der Waals surface area contributed by atoms with Crippen LogP contribution >= 0.6 is 0 Å². The van der Waals surface area contributed by atoms with Crippen LogP contribution < -0.4 is 25.4 Å². The largest absolute Gasteiger partial charge is 0.493 e. The minimum absolute atomic E-state index is 0.279. The van der Waals surface area contributed by atoms with E-state index in [4.69, 9.17) is 9.47 Å². The van der Waals surface area contributed by atoms with Crippen LogP contribution in [0.25, 0.3) is 0 Å². The molecule has 3 aromatic rings. The highest BCUT2D eigenvalue weighted by molar-refractivity contribution is 6.05. The molecular weight excluding hydrogens is 382 g/mol. The number of carbonyl (C=O) groups excluding carboxylic acids is 2. The number of hydrogen-bond donors (Lipinski definition) is 3. The van der Waals surface area contributed by atoms with Crippen molar-refractivity contribution in [3.63, 3.8) is 0 Å². The van der Waals surface area contributed by atoms with Crippen LogP contribution in [-0.4, -0.2) is 25.7 Å². The lowest BCUT2D eigenvalue weighted by Crippen LogP contribution is -2.19. The Labute approximate surface area is 175 Å². The van der Waals surface area contributed by atoms with Crippen molar-refractivity contribution >= 4 is 29.0 Å². The lowest BCUT2D eigenvalue weighted by atomic mass is 10.1. The first-order chi connectivity index (χ1) is 14.6. The molecule has 0 saturated carbocycles. The second-order valence-corrected chi connectivity index (χ2v) is 6.28.